The summed E-state index contributed by atoms with van der Waals surface area (Å²) in [6.45, 7) is 0.878. The number of nitrogens with one attached hydrogen (secondary N) is 2. The first-order valence-electron chi connectivity index (χ1n) is 5.69. The van der Waals surface area contributed by atoms with Crippen LogP contribution in [-0.2, 0) is 4.79 Å². The van der Waals surface area contributed by atoms with E-state index in [9.17, 15) is 9.90 Å². The Kier molecular flexibility index (Phi) is 4.02. The van der Waals surface area contributed by atoms with Gasteiger partial charge in [-0.1, -0.05) is 22.4 Å². The Morgan fingerprint density at radius 2 is 2.29 bits per heavy atom. The highest BCUT2D eigenvalue weighted by molar-refractivity contribution is 9.10. The summed E-state index contributed by atoms with van der Waals surface area (Å²) in [5.74, 6) is -0.00420. The molecule has 1 fully saturated rings. The highest BCUT2D eigenvalue weighted by Crippen LogP contribution is 2.27. The SMILES string of the molecule is O=C(Nc1cc(Br)ccc1O)[C@@H]1CCCCN1. The minimum Gasteiger partial charge on any atom is -0.506 e. The van der Waals surface area contributed by atoms with Crippen molar-refractivity contribution < 1.29 is 9.90 Å². The van der Waals surface area contributed by atoms with Gasteiger partial charge in [0.05, 0.1) is 11.7 Å². The maximum Gasteiger partial charge on any atom is 0.241 e. The lowest BCUT2D eigenvalue weighted by Gasteiger charge is -2.22. The minimum absolute atomic E-state index is 0.0809. The van der Waals surface area contributed by atoms with E-state index in [-0.39, 0.29) is 17.7 Å². The zero-order valence-electron chi connectivity index (χ0n) is 9.37. The summed E-state index contributed by atoms with van der Waals surface area (Å²) < 4.78 is 0.821. The molecule has 4 nitrogen and oxygen atoms in total. The van der Waals surface area contributed by atoms with Crippen LogP contribution in [0.3, 0.4) is 0 Å². The summed E-state index contributed by atoms with van der Waals surface area (Å²) in [4.78, 5) is 11.9. The molecule has 0 bridgehead atoms. The number of carbonyl (C=O) groups excluding carboxylic acids is 1. The summed E-state index contributed by atoms with van der Waals surface area (Å²) in [5, 5.41) is 15.5. The van der Waals surface area contributed by atoms with E-state index >= 15 is 0 Å². The molecule has 17 heavy (non-hydrogen) atoms. The fourth-order valence-electron chi connectivity index (χ4n) is 1.90. The van der Waals surface area contributed by atoms with Gasteiger partial charge in [-0.3, -0.25) is 4.79 Å². The van der Waals surface area contributed by atoms with Crippen molar-refractivity contribution in [1.29, 1.82) is 0 Å². The van der Waals surface area contributed by atoms with E-state index in [1.807, 2.05) is 0 Å². The average molecular weight is 299 g/mol. The van der Waals surface area contributed by atoms with Crippen LogP contribution in [0.2, 0.25) is 0 Å². The lowest BCUT2D eigenvalue weighted by molar-refractivity contribution is -0.118. The van der Waals surface area contributed by atoms with Crippen molar-refractivity contribution in [2.75, 3.05) is 11.9 Å². The monoisotopic (exact) mass is 298 g/mol. The van der Waals surface area contributed by atoms with Crippen LogP contribution < -0.4 is 10.6 Å². The number of amides is 1. The highest BCUT2D eigenvalue weighted by Gasteiger charge is 2.21. The van der Waals surface area contributed by atoms with Crippen molar-refractivity contribution in [3.63, 3.8) is 0 Å². The fraction of sp³-hybridized carbons (Fsp3) is 0.417. The Morgan fingerprint density at radius 1 is 1.47 bits per heavy atom. The molecule has 1 heterocycles. The van der Waals surface area contributed by atoms with Gasteiger partial charge in [-0.2, -0.15) is 0 Å². The predicted octanol–water partition coefficient (Wildman–Crippen LogP) is 2.24. The van der Waals surface area contributed by atoms with Gasteiger partial charge in [0.15, 0.2) is 0 Å². The second-order valence-electron chi connectivity index (χ2n) is 4.15. The van der Waals surface area contributed by atoms with Crippen molar-refractivity contribution in [3.8, 4) is 5.75 Å². The Hall–Kier alpha value is -1.07. The zero-order chi connectivity index (χ0) is 12.3. The van der Waals surface area contributed by atoms with Gasteiger partial charge in [0.2, 0.25) is 5.91 Å². The van der Waals surface area contributed by atoms with Gasteiger partial charge in [0.25, 0.3) is 0 Å². The number of benzene rings is 1. The lowest BCUT2D eigenvalue weighted by atomic mass is 10.0. The largest absolute Gasteiger partial charge is 0.506 e. The molecule has 1 amide bonds. The third-order valence-electron chi connectivity index (χ3n) is 2.84. The summed E-state index contributed by atoms with van der Waals surface area (Å²) in [6, 6.07) is 4.82. The standard InChI is InChI=1S/C12H15BrN2O2/c13-8-4-5-11(16)10(7-8)15-12(17)9-3-1-2-6-14-9/h4-5,7,9,14,16H,1-3,6H2,(H,15,17)/t9-/m0/s1. The van der Waals surface area contributed by atoms with Crippen LogP contribution >= 0.6 is 15.9 Å². The molecule has 1 aliphatic heterocycles. The molecular formula is C12H15BrN2O2. The maximum absolute atomic E-state index is 11.9. The van der Waals surface area contributed by atoms with Crippen LogP contribution in [0.15, 0.2) is 22.7 Å². The van der Waals surface area contributed by atoms with E-state index in [4.69, 9.17) is 0 Å². The smallest absolute Gasteiger partial charge is 0.241 e. The van der Waals surface area contributed by atoms with E-state index in [1.54, 1.807) is 18.2 Å². The van der Waals surface area contributed by atoms with E-state index < -0.39 is 0 Å². The van der Waals surface area contributed by atoms with Crippen LogP contribution in [0.1, 0.15) is 19.3 Å². The molecule has 0 aromatic heterocycles. The number of aromatic hydroxyl groups is 1. The van der Waals surface area contributed by atoms with E-state index in [2.05, 4.69) is 26.6 Å². The van der Waals surface area contributed by atoms with Crippen molar-refractivity contribution in [2.24, 2.45) is 0 Å². The highest BCUT2D eigenvalue weighted by atomic mass is 79.9. The van der Waals surface area contributed by atoms with Crippen molar-refractivity contribution in [3.05, 3.63) is 22.7 Å². The van der Waals surface area contributed by atoms with Gasteiger partial charge in [-0.15, -0.1) is 0 Å². The Balaban J connectivity index is 2.04. The third-order valence-corrected chi connectivity index (χ3v) is 3.34. The van der Waals surface area contributed by atoms with Crippen LogP contribution in [0.4, 0.5) is 5.69 Å². The topological polar surface area (TPSA) is 61.4 Å². The van der Waals surface area contributed by atoms with Gasteiger partial charge in [0, 0.05) is 4.47 Å². The van der Waals surface area contributed by atoms with Gasteiger partial charge in [0.1, 0.15) is 5.75 Å². The number of halogens is 1. The molecule has 0 saturated carbocycles. The average Bonchev–Trinajstić information content (AvgIpc) is 2.35. The van der Waals surface area contributed by atoms with Gasteiger partial charge in [-0.25, -0.2) is 0 Å². The molecular weight excluding hydrogens is 284 g/mol. The van der Waals surface area contributed by atoms with E-state index in [0.717, 1.165) is 30.3 Å². The molecule has 2 rings (SSSR count). The number of piperidine rings is 1. The summed E-state index contributed by atoms with van der Waals surface area (Å²) in [6.07, 6.45) is 3.03. The molecule has 1 atom stereocenters. The zero-order valence-corrected chi connectivity index (χ0v) is 11.0. The summed E-state index contributed by atoms with van der Waals surface area (Å²) in [5.41, 5.74) is 0.441. The van der Waals surface area contributed by atoms with Crippen LogP contribution in [-0.4, -0.2) is 23.6 Å². The molecule has 0 spiro atoms. The molecule has 0 radical (unpaired) electrons. The quantitative estimate of drug-likeness (QED) is 0.734. The normalized spacial score (nSPS) is 19.9. The minimum atomic E-state index is -0.151. The van der Waals surface area contributed by atoms with Gasteiger partial charge >= 0.3 is 0 Å². The van der Waals surface area contributed by atoms with Crippen molar-refractivity contribution in [2.45, 2.75) is 25.3 Å². The van der Waals surface area contributed by atoms with Gasteiger partial charge < -0.3 is 15.7 Å². The molecule has 92 valence electrons. The molecule has 1 saturated heterocycles. The molecule has 1 aromatic carbocycles. The Labute approximate surface area is 109 Å². The van der Waals surface area contributed by atoms with Crippen molar-refractivity contribution >= 4 is 27.5 Å². The van der Waals surface area contributed by atoms with Crippen LogP contribution in [0, 0.1) is 0 Å². The van der Waals surface area contributed by atoms with Crippen LogP contribution in [0.5, 0.6) is 5.75 Å². The number of hydrogen-bond acceptors (Lipinski definition) is 3. The number of hydrogen-bond donors (Lipinski definition) is 3. The molecule has 0 aliphatic carbocycles. The Bertz CT molecular complexity index is 417. The molecule has 1 aromatic rings. The number of phenolic OH excluding ortho intramolecular Hbond substituents is 1. The number of anilines is 1. The summed E-state index contributed by atoms with van der Waals surface area (Å²) in [7, 11) is 0. The first-order valence-corrected chi connectivity index (χ1v) is 6.49. The van der Waals surface area contributed by atoms with E-state index in [1.165, 1.54) is 0 Å². The maximum atomic E-state index is 11.9. The number of rotatable bonds is 2. The molecule has 5 heteroatoms. The third kappa shape index (κ3) is 3.20. The lowest BCUT2D eigenvalue weighted by Crippen LogP contribution is -2.43. The number of phenols is 1. The molecule has 3 N–H and O–H groups in total. The second-order valence-corrected chi connectivity index (χ2v) is 5.07. The van der Waals surface area contributed by atoms with Crippen molar-refractivity contribution in [1.82, 2.24) is 5.32 Å². The number of carbonyl (C=O) groups is 1. The first kappa shape index (κ1) is 12.4. The fourth-order valence-corrected chi connectivity index (χ4v) is 2.26. The van der Waals surface area contributed by atoms with Crippen LogP contribution in [0.25, 0.3) is 0 Å². The molecule has 1 aliphatic rings. The van der Waals surface area contributed by atoms with E-state index in [0.29, 0.717) is 5.69 Å². The molecule has 0 unspecified atom stereocenters. The van der Waals surface area contributed by atoms with Gasteiger partial charge in [-0.05, 0) is 37.6 Å². The first-order chi connectivity index (χ1) is 8.16. The second kappa shape index (κ2) is 5.51. The summed E-state index contributed by atoms with van der Waals surface area (Å²) >= 11 is 3.30. The Morgan fingerprint density at radius 3 is 3.00 bits per heavy atom. The predicted molar refractivity (Wildman–Crippen MR) is 70.1 cm³/mol.